The van der Waals surface area contributed by atoms with Crippen LogP contribution in [0.5, 0.6) is 5.75 Å². The third-order valence-electron chi connectivity index (χ3n) is 7.60. The Kier molecular flexibility index (Phi) is 5.37. The number of phenolic OH excluding ortho intramolecular Hbond substituents is 1. The Morgan fingerprint density at radius 2 is 1.45 bits per heavy atom. The van der Waals surface area contributed by atoms with Crippen LogP contribution in [0.2, 0.25) is 0 Å². The summed E-state index contributed by atoms with van der Waals surface area (Å²) in [6.45, 7) is 8.93. The lowest BCUT2D eigenvalue weighted by molar-refractivity contribution is 0.470. The minimum atomic E-state index is 0.0242. The standard InChI is InChI=1S/C16H15N.C15H16O/c1-10(2)15-13-8-4-6-11-5-3-7-12(16(11)13)14(15)9-17;1-9(2)13-7-11-5-3-4-10-6-12(16)8-14(13)15(10)11/h3-8,10,14-15H,1-2H3;3-6,8-9,13,16H,7H2,1-2H3. The van der Waals surface area contributed by atoms with Crippen molar-refractivity contribution in [3.63, 3.8) is 0 Å². The van der Waals surface area contributed by atoms with Crippen molar-refractivity contribution in [3.05, 3.63) is 89.0 Å². The summed E-state index contributed by atoms with van der Waals surface area (Å²) in [5.41, 5.74) is 5.35. The molecule has 3 atom stereocenters. The lowest BCUT2D eigenvalue weighted by Crippen LogP contribution is -2.10. The van der Waals surface area contributed by atoms with Crippen molar-refractivity contribution in [1.82, 2.24) is 0 Å². The largest absolute Gasteiger partial charge is 0.508 e. The number of hydrogen-bond acceptors (Lipinski definition) is 2. The van der Waals surface area contributed by atoms with Crippen LogP contribution in [0.4, 0.5) is 0 Å². The Labute approximate surface area is 196 Å². The predicted octanol–water partition coefficient (Wildman–Crippen LogP) is 8.04. The summed E-state index contributed by atoms with van der Waals surface area (Å²) in [5, 5.41) is 24.4. The highest BCUT2D eigenvalue weighted by atomic mass is 16.3. The summed E-state index contributed by atoms with van der Waals surface area (Å²) >= 11 is 0. The summed E-state index contributed by atoms with van der Waals surface area (Å²) in [7, 11) is 0. The van der Waals surface area contributed by atoms with Crippen LogP contribution in [-0.2, 0) is 6.42 Å². The number of phenols is 1. The first kappa shape index (κ1) is 21.5. The lowest BCUT2D eigenvalue weighted by Gasteiger charge is -2.19. The van der Waals surface area contributed by atoms with E-state index in [-0.39, 0.29) is 5.92 Å². The maximum atomic E-state index is 9.76. The van der Waals surface area contributed by atoms with Crippen LogP contribution in [-0.4, -0.2) is 5.11 Å². The zero-order chi connectivity index (χ0) is 23.3. The fraction of sp³-hybridized carbons (Fsp3) is 0.323. The molecule has 2 nitrogen and oxygen atoms in total. The van der Waals surface area contributed by atoms with Crippen molar-refractivity contribution in [1.29, 1.82) is 5.26 Å². The molecular weight excluding hydrogens is 402 g/mol. The van der Waals surface area contributed by atoms with E-state index in [1.807, 2.05) is 12.1 Å². The SMILES string of the molecule is CC(C)C1Cc2cccc3cc(O)cc1c23.CC(C)C1c2cccc3cccc(c23)C1C#N. The zero-order valence-corrected chi connectivity index (χ0v) is 19.8. The van der Waals surface area contributed by atoms with Crippen molar-refractivity contribution in [2.45, 2.75) is 51.9 Å². The first-order valence-electron chi connectivity index (χ1n) is 12.1. The van der Waals surface area contributed by atoms with Gasteiger partial charge in [-0.15, -0.1) is 0 Å². The van der Waals surface area contributed by atoms with Crippen molar-refractivity contribution in [3.8, 4) is 11.8 Å². The van der Waals surface area contributed by atoms with Gasteiger partial charge in [-0.3, -0.25) is 0 Å². The monoisotopic (exact) mass is 433 g/mol. The third-order valence-corrected chi connectivity index (χ3v) is 7.60. The fourth-order valence-corrected chi connectivity index (χ4v) is 6.13. The second kappa shape index (κ2) is 8.23. The highest BCUT2D eigenvalue weighted by molar-refractivity contribution is 5.93. The van der Waals surface area contributed by atoms with Crippen LogP contribution in [0.3, 0.4) is 0 Å². The van der Waals surface area contributed by atoms with Gasteiger partial charge < -0.3 is 5.11 Å². The van der Waals surface area contributed by atoms with Crippen LogP contribution in [0.25, 0.3) is 21.5 Å². The van der Waals surface area contributed by atoms with Crippen LogP contribution in [0.1, 0.15) is 67.7 Å². The molecule has 4 aromatic rings. The Morgan fingerprint density at radius 3 is 2.12 bits per heavy atom. The highest BCUT2D eigenvalue weighted by Crippen LogP contribution is 2.49. The molecule has 0 aromatic heterocycles. The van der Waals surface area contributed by atoms with Gasteiger partial charge in [-0.1, -0.05) is 82.3 Å². The highest BCUT2D eigenvalue weighted by Gasteiger charge is 2.35. The second-order valence-corrected chi connectivity index (χ2v) is 10.3. The molecule has 33 heavy (non-hydrogen) atoms. The van der Waals surface area contributed by atoms with Gasteiger partial charge in [-0.25, -0.2) is 0 Å². The van der Waals surface area contributed by atoms with Gasteiger partial charge in [0, 0.05) is 5.92 Å². The maximum absolute atomic E-state index is 9.76. The van der Waals surface area contributed by atoms with Crippen LogP contribution >= 0.6 is 0 Å². The van der Waals surface area contributed by atoms with Gasteiger partial charge in [0.15, 0.2) is 0 Å². The van der Waals surface area contributed by atoms with E-state index in [0.29, 0.717) is 29.4 Å². The summed E-state index contributed by atoms with van der Waals surface area (Å²) in [5.74, 6) is 2.45. The molecule has 0 spiro atoms. The third kappa shape index (κ3) is 3.47. The zero-order valence-electron chi connectivity index (χ0n) is 19.8. The van der Waals surface area contributed by atoms with E-state index in [1.165, 1.54) is 43.8 Å². The van der Waals surface area contributed by atoms with E-state index in [2.05, 4.69) is 88.4 Å². The van der Waals surface area contributed by atoms with Gasteiger partial charge in [0.05, 0.1) is 12.0 Å². The molecule has 0 heterocycles. The van der Waals surface area contributed by atoms with E-state index in [4.69, 9.17) is 0 Å². The summed E-state index contributed by atoms with van der Waals surface area (Å²) in [4.78, 5) is 0. The summed E-state index contributed by atoms with van der Waals surface area (Å²) < 4.78 is 0. The first-order chi connectivity index (χ1) is 15.9. The van der Waals surface area contributed by atoms with Gasteiger partial charge in [-0.05, 0) is 80.1 Å². The average molecular weight is 434 g/mol. The van der Waals surface area contributed by atoms with Crippen molar-refractivity contribution in [2.24, 2.45) is 11.8 Å². The number of benzene rings is 4. The molecule has 4 aromatic carbocycles. The van der Waals surface area contributed by atoms with Crippen molar-refractivity contribution in [2.75, 3.05) is 0 Å². The Balaban J connectivity index is 0.000000139. The minimum Gasteiger partial charge on any atom is -0.508 e. The molecule has 3 unspecified atom stereocenters. The molecule has 0 radical (unpaired) electrons. The molecule has 6 rings (SSSR count). The Hall–Kier alpha value is -3.31. The molecule has 2 aliphatic rings. The summed E-state index contributed by atoms with van der Waals surface area (Å²) in [6.07, 6.45) is 1.12. The first-order valence-corrected chi connectivity index (χ1v) is 12.1. The molecule has 0 aliphatic heterocycles. The predicted molar refractivity (Wildman–Crippen MR) is 137 cm³/mol. The average Bonchev–Trinajstić information content (AvgIpc) is 3.33. The summed E-state index contributed by atoms with van der Waals surface area (Å²) in [6, 6.07) is 25.5. The van der Waals surface area contributed by atoms with Gasteiger partial charge in [0.25, 0.3) is 0 Å². The van der Waals surface area contributed by atoms with Crippen molar-refractivity contribution < 1.29 is 5.11 Å². The lowest BCUT2D eigenvalue weighted by atomic mass is 9.82. The molecule has 2 heteroatoms. The van der Waals surface area contributed by atoms with E-state index in [1.54, 1.807) is 0 Å². The van der Waals surface area contributed by atoms with Crippen LogP contribution < -0.4 is 0 Å². The normalized spacial score (nSPS) is 20.3. The topological polar surface area (TPSA) is 44.0 Å². The van der Waals surface area contributed by atoms with Gasteiger partial charge in [0.2, 0.25) is 0 Å². The molecule has 0 amide bonds. The van der Waals surface area contributed by atoms with Crippen molar-refractivity contribution >= 4 is 21.5 Å². The molecule has 0 bridgehead atoms. The molecule has 0 saturated carbocycles. The Bertz CT molecular complexity index is 1390. The Morgan fingerprint density at radius 1 is 0.788 bits per heavy atom. The number of aromatic hydroxyl groups is 1. The van der Waals surface area contributed by atoms with Gasteiger partial charge >= 0.3 is 0 Å². The molecule has 0 fully saturated rings. The minimum absolute atomic E-state index is 0.0242. The molecule has 2 aliphatic carbocycles. The van der Waals surface area contributed by atoms with E-state index in [0.717, 1.165) is 6.42 Å². The van der Waals surface area contributed by atoms with Gasteiger partial charge in [-0.2, -0.15) is 5.26 Å². The van der Waals surface area contributed by atoms with E-state index in [9.17, 15) is 10.4 Å². The molecule has 1 N–H and O–H groups in total. The molecule has 166 valence electrons. The number of hydrogen-bond donors (Lipinski definition) is 1. The smallest absolute Gasteiger partial charge is 0.116 e. The molecule has 0 saturated heterocycles. The maximum Gasteiger partial charge on any atom is 0.116 e. The second-order valence-electron chi connectivity index (χ2n) is 10.3. The number of nitrogens with zero attached hydrogens (tertiary/aromatic N) is 1. The van der Waals surface area contributed by atoms with Crippen LogP contribution in [0.15, 0.2) is 66.7 Å². The van der Waals surface area contributed by atoms with E-state index < -0.39 is 0 Å². The van der Waals surface area contributed by atoms with Crippen LogP contribution in [0, 0.1) is 23.2 Å². The number of nitriles is 1. The molecular formula is C31H31NO. The number of rotatable bonds is 2. The quantitative estimate of drug-likeness (QED) is 0.347. The fourth-order valence-electron chi connectivity index (χ4n) is 6.13. The van der Waals surface area contributed by atoms with Gasteiger partial charge in [0.1, 0.15) is 5.75 Å². The van der Waals surface area contributed by atoms with E-state index >= 15 is 0 Å².